The molecular weight excluding hydrogens is 136 g/mol. The van der Waals surface area contributed by atoms with Gasteiger partial charge in [0.25, 0.3) is 0 Å². The predicted octanol–water partition coefficient (Wildman–Crippen LogP) is 2.61. The summed E-state index contributed by atoms with van der Waals surface area (Å²) in [4.78, 5) is 0. The molecule has 0 aromatic rings. The molecule has 0 heterocycles. The zero-order valence-electron chi connectivity index (χ0n) is 8.09. The Labute approximate surface area is 70.1 Å². The van der Waals surface area contributed by atoms with Crippen molar-refractivity contribution in [3.8, 4) is 0 Å². The van der Waals surface area contributed by atoms with Crippen molar-refractivity contribution in [1.29, 1.82) is 0 Å². The molecule has 1 N–H and O–H groups in total. The second-order valence-electron chi connectivity index (χ2n) is 3.83. The highest BCUT2D eigenvalue weighted by Crippen LogP contribution is 2.18. The molecule has 1 heteroatoms. The van der Waals surface area contributed by atoms with Crippen LogP contribution in [-0.2, 0) is 0 Å². The van der Waals surface area contributed by atoms with Crippen molar-refractivity contribution in [3.05, 3.63) is 12.2 Å². The molecule has 2 unspecified atom stereocenters. The maximum Gasteiger partial charge on any atom is 0.0605 e. The van der Waals surface area contributed by atoms with E-state index in [0.717, 1.165) is 12.0 Å². The standard InChI is InChI=1S/C10H20O/c1-7(2)6-10(11)9(5)8(3)4/h8-11H,1,6H2,2-5H3. The monoisotopic (exact) mass is 156 g/mol. The van der Waals surface area contributed by atoms with E-state index in [1.165, 1.54) is 0 Å². The zero-order chi connectivity index (χ0) is 9.02. The SMILES string of the molecule is C=C(C)CC(O)C(C)C(C)C. The average Bonchev–Trinajstić information content (AvgIpc) is 1.84. The van der Waals surface area contributed by atoms with Gasteiger partial charge in [0.05, 0.1) is 6.10 Å². The molecule has 0 rings (SSSR count). The molecular formula is C10H20O. The van der Waals surface area contributed by atoms with Crippen molar-refractivity contribution in [3.63, 3.8) is 0 Å². The number of aliphatic hydroxyl groups excluding tert-OH is 1. The molecule has 0 aromatic heterocycles. The number of aliphatic hydroxyl groups is 1. The van der Waals surface area contributed by atoms with Gasteiger partial charge in [0.1, 0.15) is 0 Å². The highest BCUT2D eigenvalue weighted by molar-refractivity contribution is 4.91. The van der Waals surface area contributed by atoms with Gasteiger partial charge in [-0.1, -0.05) is 26.3 Å². The molecule has 0 aliphatic rings. The first-order chi connectivity index (χ1) is 4.95. The van der Waals surface area contributed by atoms with E-state index < -0.39 is 0 Å². The van der Waals surface area contributed by atoms with E-state index in [-0.39, 0.29) is 6.10 Å². The summed E-state index contributed by atoms with van der Waals surface area (Å²) in [5.74, 6) is 0.913. The fourth-order valence-electron chi connectivity index (χ4n) is 0.987. The van der Waals surface area contributed by atoms with Gasteiger partial charge in [-0.05, 0) is 25.2 Å². The molecule has 0 fully saturated rings. The van der Waals surface area contributed by atoms with Gasteiger partial charge in [0.2, 0.25) is 0 Å². The number of hydrogen-bond donors (Lipinski definition) is 1. The molecule has 0 aliphatic heterocycles. The summed E-state index contributed by atoms with van der Waals surface area (Å²) in [6.07, 6.45) is 0.520. The van der Waals surface area contributed by atoms with E-state index in [2.05, 4.69) is 27.4 Å². The van der Waals surface area contributed by atoms with Gasteiger partial charge in [0, 0.05) is 0 Å². The lowest BCUT2D eigenvalue weighted by Crippen LogP contribution is -2.22. The Balaban J connectivity index is 3.82. The van der Waals surface area contributed by atoms with Crippen LogP contribution in [0.25, 0.3) is 0 Å². The Morgan fingerprint density at radius 1 is 1.36 bits per heavy atom. The third-order valence-electron chi connectivity index (χ3n) is 2.22. The lowest BCUT2D eigenvalue weighted by molar-refractivity contribution is 0.0922. The lowest BCUT2D eigenvalue weighted by Gasteiger charge is -2.22. The predicted molar refractivity (Wildman–Crippen MR) is 49.4 cm³/mol. The molecule has 2 atom stereocenters. The van der Waals surface area contributed by atoms with Crippen LogP contribution >= 0.6 is 0 Å². The van der Waals surface area contributed by atoms with Crippen molar-refractivity contribution in [2.24, 2.45) is 11.8 Å². The Hall–Kier alpha value is -0.300. The number of hydrogen-bond acceptors (Lipinski definition) is 1. The molecule has 0 amide bonds. The van der Waals surface area contributed by atoms with Crippen LogP contribution in [0.5, 0.6) is 0 Å². The van der Waals surface area contributed by atoms with E-state index in [1.807, 2.05) is 6.92 Å². The van der Waals surface area contributed by atoms with Crippen LogP contribution in [0.3, 0.4) is 0 Å². The van der Waals surface area contributed by atoms with E-state index in [1.54, 1.807) is 0 Å². The zero-order valence-corrected chi connectivity index (χ0v) is 8.09. The van der Waals surface area contributed by atoms with E-state index >= 15 is 0 Å². The Morgan fingerprint density at radius 2 is 1.82 bits per heavy atom. The first-order valence-corrected chi connectivity index (χ1v) is 4.27. The molecule has 0 radical (unpaired) electrons. The molecule has 0 saturated carbocycles. The van der Waals surface area contributed by atoms with Crippen LogP contribution in [0.2, 0.25) is 0 Å². The second kappa shape index (κ2) is 4.55. The van der Waals surface area contributed by atoms with Gasteiger partial charge in [-0.15, -0.1) is 6.58 Å². The molecule has 66 valence electrons. The normalized spacial score (nSPS) is 16.5. The highest BCUT2D eigenvalue weighted by atomic mass is 16.3. The average molecular weight is 156 g/mol. The largest absolute Gasteiger partial charge is 0.393 e. The minimum absolute atomic E-state index is 0.215. The van der Waals surface area contributed by atoms with E-state index in [0.29, 0.717) is 11.8 Å². The highest BCUT2D eigenvalue weighted by Gasteiger charge is 2.16. The maximum atomic E-state index is 9.60. The van der Waals surface area contributed by atoms with Crippen molar-refractivity contribution >= 4 is 0 Å². The Morgan fingerprint density at radius 3 is 2.09 bits per heavy atom. The minimum Gasteiger partial charge on any atom is -0.393 e. The van der Waals surface area contributed by atoms with Gasteiger partial charge in [-0.25, -0.2) is 0 Å². The second-order valence-corrected chi connectivity index (χ2v) is 3.83. The van der Waals surface area contributed by atoms with Gasteiger partial charge >= 0.3 is 0 Å². The van der Waals surface area contributed by atoms with Crippen molar-refractivity contribution < 1.29 is 5.11 Å². The van der Waals surface area contributed by atoms with Crippen molar-refractivity contribution in [2.75, 3.05) is 0 Å². The fourth-order valence-corrected chi connectivity index (χ4v) is 0.987. The first-order valence-electron chi connectivity index (χ1n) is 4.27. The van der Waals surface area contributed by atoms with Crippen LogP contribution in [0.1, 0.15) is 34.1 Å². The summed E-state index contributed by atoms with van der Waals surface area (Å²) < 4.78 is 0. The van der Waals surface area contributed by atoms with Crippen LogP contribution in [-0.4, -0.2) is 11.2 Å². The van der Waals surface area contributed by atoms with Crippen LogP contribution in [0.15, 0.2) is 12.2 Å². The topological polar surface area (TPSA) is 20.2 Å². The van der Waals surface area contributed by atoms with Crippen LogP contribution < -0.4 is 0 Å². The smallest absolute Gasteiger partial charge is 0.0605 e. The number of rotatable bonds is 4. The molecule has 0 aromatic carbocycles. The van der Waals surface area contributed by atoms with E-state index in [9.17, 15) is 5.11 Å². The fraction of sp³-hybridized carbons (Fsp3) is 0.800. The van der Waals surface area contributed by atoms with Gasteiger partial charge in [0.15, 0.2) is 0 Å². The van der Waals surface area contributed by atoms with E-state index in [4.69, 9.17) is 0 Å². The third kappa shape index (κ3) is 4.20. The Bertz CT molecular complexity index is 127. The van der Waals surface area contributed by atoms with Crippen molar-refractivity contribution in [1.82, 2.24) is 0 Å². The van der Waals surface area contributed by atoms with Crippen LogP contribution in [0.4, 0.5) is 0 Å². The molecule has 0 spiro atoms. The quantitative estimate of drug-likeness (QED) is 0.620. The summed E-state index contributed by atoms with van der Waals surface area (Å²) in [5.41, 5.74) is 1.06. The van der Waals surface area contributed by atoms with Gasteiger partial charge in [-0.3, -0.25) is 0 Å². The summed E-state index contributed by atoms with van der Waals surface area (Å²) in [7, 11) is 0. The molecule has 0 aliphatic carbocycles. The third-order valence-corrected chi connectivity index (χ3v) is 2.22. The summed E-state index contributed by atoms with van der Waals surface area (Å²) in [5, 5.41) is 9.60. The summed E-state index contributed by atoms with van der Waals surface area (Å²) >= 11 is 0. The lowest BCUT2D eigenvalue weighted by atomic mass is 9.89. The molecule has 11 heavy (non-hydrogen) atoms. The van der Waals surface area contributed by atoms with Gasteiger partial charge < -0.3 is 5.11 Å². The minimum atomic E-state index is -0.215. The summed E-state index contributed by atoms with van der Waals surface area (Å²) in [6, 6.07) is 0. The summed E-state index contributed by atoms with van der Waals surface area (Å²) in [6.45, 7) is 12.1. The maximum absolute atomic E-state index is 9.60. The molecule has 1 nitrogen and oxygen atoms in total. The Kier molecular flexibility index (Phi) is 4.43. The first kappa shape index (κ1) is 10.7. The van der Waals surface area contributed by atoms with Gasteiger partial charge in [-0.2, -0.15) is 0 Å². The van der Waals surface area contributed by atoms with Crippen LogP contribution in [0, 0.1) is 11.8 Å². The molecule has 0 bridgehead atoms. The van der Waals surface area contributed by atoms with Crippen molar-refractivity contribution in [2.45, 2.75) is 40.2 Å². The molecule has 0 saturated heterocycles.